The van der Waals surface area contributed by atoms with Crippen molar-refractivity contribution in [1.29, 1.82) is 0 Å². The van der Waals surface area contributed by atoms with Crippen molar-refractivity contribution in [3.8, 4) is 5.69 Å². The molecule has 0 aliphatic heterocycles. The minimum atomic E-state index is 0.894. The van der Waals surface area contributed by atoms with Crippen molar-refractivity contribution in [1.82, 2.24) is 9.55 Å². The number of anilines is 1. The maximum atomic E-state index is 4.58. The fourth-order valence-electron chi connectivity index (χ4n) is 2.95. The van der Waals surface area contributed by atoms with Gasteiger partial charge in [0.05, 0.1) is 11.4 Å². The highest BCUT2D eigenvalue weighted by molar-refractivity contribution is 5.52. The van der Waals surface area contributed by atoms with Crippen molar-refractivity contribution < 1.29 is 0 Å². The summed E-state index contributed by atoms with van der Waals surface area (Å²) < 4.78 is 2.21. The van der Waals surface area contributed by atoms with Crippen LogP contribution in [0.3, 0.4) is 0 Å². The fraction of sp³-hybridized carbons (Fsp3) is 0.438. The maximum Gasteiger partial charge on any atom is 0.207 e. The third-order valence-corrected chi connectivity index (χ3v) is 3.79. The molecule has 1 aliphatic rings. The zero-order valence-corrected chi connectivity index (χ0v) is 11.7. The molecule has 0 atom stereocenters. The first kappa shape index (κ1) is 12.3. The number of nitrogens with one attached hydrogen (secondary N) is 1. The van der Waals surface area contributed by atoms with Gasteiger partial charge >= 0.3 is 0 Å². The Balaban J connectivity index is 2.11. The first-order valence-corrected chi connectivity index (χ1v) is 7.20. The molecule has 1 aromatic heterocycles. The van der Waals surface area contributed by atoms with Crippen LogP contribution in [0.2, 0.25) is 0 Å². The predicted molar refractivity (Wildman–Crippen MR) is 79.1 cm³/mol. The van der Waals surface area contributed by atoms with Gasteiger partial charge in [0.2, 0.25) is 5.95 Å². The molecule has 1 heterocycles. The van der Waals surface area contributed by atoms with Gasteiger partial charge in [0.1, 0.15) is 0 Å². The van der Waals surface area contributed by atoms with Crippen LogP contribution < -0.4 is 5.32 Å². The largest absolute Gasteiger partial charge is 0.356 e. The number of nitrogens with zero attached hydrogens (tertiary/aromatic N) is 2. The lowest BCUT2D eigenvalue weighted by Gasteiger charge is -2.20. The highest BCUT2D eigenvalue weighted by atomic mass is 15.2. The van der Waals surface area contributed by atoms with Gasteiger partial charge in [0.25, 0.3) is 0 Å². The summed E-state index contributed by atoms with van der Waals surface area (Å²) >= 11 is 0. The SMILES string of the molecule is CCNc1nc(C)cn1-c1cccc2c1CCCC2. The van der Waals surface area contributed by atoms with Crippen molar-refractivity contribution in [3.63, 3.8) is 0 Å². The lowest BCUT2D eigenvalue weighted by molar-refractivity contribution is 0.681. The summed E-state index contributed by atoms with van der Waals surface area (Å²) in [4.78, 5) is 4.58. The van der Waals surface area contributed by atoms with E-state index in [0.717, 1.165) is 18.2 Å². The molecule has 0 spiro atoms. The van der Waals surface area contributed by atoms with Crippen LogP contribution in [0.15, 0.2) is 24.4 Å². The van der Waals surface area contributed by atoms with Crippen LogP contribution in [0.4, 0.5) is 5.95 Å². The number of fused-ring (bicyclic) bond motifs is 1. The molecular weight excluding hydrogens is 234 g/mol. The van der Waals surface area contributed by atoms with E-state index in [4.69, 9.17) is 0 Å². The molecule has 1 aromatic carbocycles. The summed E-state index contributed by atoms with van der Waals surface area (Å²) in [6.45, 7) is 5.05. The van der Waals surface area contributed by atoms with Crippen LogP contribution in [-0.2, 0) is 12.8 Å². The van der Waals surface area contributed by atoms with Gasteiger partial charge in [-0.3, -0.25) is 4.57 Å². The second kappa shape index (κ2) is 5.08. The number of aryl methyl sites for hydroxylation is 2. The van der Waals surface area contributed by atoms with Crippen molar-refractivity contribution in [2.75, 3.05) is 11.9 Å². The summed E-state index contributed by atoms with van der Waals surface area (Å²) in [5.41, 5.74) is 5.38. The quantitative estimate of drug-likeness (QED) is 0.909. The molecule has 0 bridgehead atoms. The first-order valence-electron chi connectivity index (χ1n) is 7.20. The Kier molecular flexibility index (Phi) is 3.28. The van der Waals surface area contributed by atoms with E-state index in [0.29, 0.717) is 0 Å². The van der Waals surface area contributed by atoms with Gasteiger partial charge in [-0.1, -0.05) is 12.1 Å². The molecule has 0 saturated carbocycles. The average Bonchev–Trinajstić information content (AvgIpc) is 2.79. The van der Waals surface area contributed by atoms with Gasteiger partial charge in [-0.05, 0) is 56.7 Å². The maximum absolute atomic E-state index is 4.58. The zero-order valence-electron chi connectivity index (χ0n) is 11.7. The van der Waals surface area contributed by atoms with Gasteiger partial charge < -0.3 is 5.32 Å². The lowest BCUT2D eigenvalue weighted by Crippen LogP contribution is -2.10. The van der Waals surface area contributed by atoms with E-state index in [1.165, 1.54) is 42.5 Å². The molecular formula is C16H21N3. The molecule has 1 aliphatic carbocycles. The monoisotopic (exact) mass is 255 g/mol. The number of hydrogen-bond donors (Lipinski definition) is 1. The summed E-state index contributed by atoms with van der Waals surface area (Å²) in [5, 5.41) is 3.35. The number of hydrogen-bond acceptors (Lipinski definition) is 2. The molecule has 3 heteroatoms. The van der Waals surface area contributed by atoms with Crippen LogP contribution in [0, 0.1) is 6.92 Å². The molecule has 0 amide bonds. The Morgan fingerprint density at radius 2 is 2.11 bits per heavy atom. The second-order valence-electron chi connectivity index (χ2n) is 5.23. The predicted octanol–water partition coefficient (Wildman–Crippen LogP) is 3.49. The van der Waals surface area contributed by atoms with E-state index in [1.807, 2.05) is 6.92 Å². The van der Waals surface area contributed by atoms with E-state index in [2.05, 4.69) is 46.2 Å². The van der Waals surface area contributed by atoms with Crippen molar-refractivity contribution >= 4 is 5.95 Å². The van der Waals surface area contributed by atoms with Crippen molar-refractivity contribution in [2.24, 2.45) is 0 Å². The average molecular weight is 255 g/mol. The van der Waals surface area contributed by atoms with Crippen molar-refractivity contribution in [3.05, 3.63) is 41.2 Å². The molecule has 19 heavy (non-hydrogen) atoms. The third-order valence-electron chi connectivity index (χ3n) is 3.79. The Morgan fingerprint density at radius 1 is 1.26 bits per heavy atom. The third kappa shape index (κ3) is 2.25. The second-order valence-corrected chi connectivity index (χ2v) is 5.23. The smallest absolute Gasteiger partial charge is 0.207 e. The Hall–Kier alpha value is -1.77. The first-order chi connectivity index (χ1) is 9.29. The Labute approximate surface area is 114 Å². The standard InChI is InChI=1S/C16H21N3/c1-3-17-16-18-12(2)11-19(16)15-10-6-8-13-7-4-5-9-14(13)15/h6,8,10-11H,3-5,7,9H2,1-2H3,(H,17,18). The molecule has 3 nitrogen and oxygen atoms in total. The summed E-state index contributed by atoms with van der Waals surface area (Å²) in [5.74, 6) is 0.957. The van der Waals surface area contributed by atoms with Crippen LogP contribution in [0.5, 0.6) is 0 Å². The minimum Gasteiger partial charge on any atom is -0.356 e. The molecule has 0 fully saturated rings. The van der Waals surface area contributed by atoms with E-state index in [1.54, 1.807) is 0 Å². The summed E-state index contributed by atoms with van der Waals surface area (Å²) in [6, 6.07) is 6.66. The Morgan fingerprint density at radius 3 is 2.95 bits per heavy atom. The van der Waals surface area contributed by atoms with E-state index < -0.39 is 0 Å². The molecule has 100 valence electrons. The van der Waals surface area contributed by atoms with Crippen LogP contribution in [0.1, 0.15) is 36.6 Å². The highest BCUT2D eigenvalue weighted by Gasteiger charge is 2.16. The highest BCUT2D eigenvalue weighted by Crippen LogP contribution is 2.28. The number of benzene rings is 1. The number of imidazole rings is 1. The zero-order chi connectivity index (χ0) is 13.2. The van der Waals surface area contributed by atoms with E-state index in [9.17, 15) is 0 Å². The fourth-order valence-corrected chi connectivity index (χ4v) is 2.95. The van der Waals surface area contributed by atoms with Crippen LogP contribution >= 0.6 is 0 Å². The van der Waals surface area contributed by atoms with Gasteiger partial charge in [-0.15, -0.1) is 0 Å². The molecule has 0 saturated heterocycles. The van der Waals surface area contributed by atoms with Gasteiger partial charge in [-0.25, -0.2) is 4.98 Å². The topological polar surface area (TPSA) is 29.9 Å². The van der Waals surface area contributed by atoms with Gasteiger partial charge in [0.15, 0.2) is 0 Å². The van der Waals surface area contributed by atoms with E-state index >= 15 is 0 Å². The number of rotatable bonds is 3. The van der Waals surface area contributed by atoms with Crippen LogP contribution in [0.25, 0.3) is 5.69 Å². The molecule has 3 rings (SSSR count). The minimum absolute atomic E-state index is 0.894. The number of aromatic nitrogens is 2. The Bertz CT molecular complexity index is 584. The molecule has 0 radical (unpaired) electrons. The molecule has 0 unspecified atom stereocenters. The molecule has 2 aromatic rings. The van der Waals surface area contributed by atoms with Crippen molar-refractivity contribution in [2.45, 2.75) is 39.5 Å². The van der Waals surface area contributed by atoms with E-state index in [-0.39, 0.29) is 0 Å². The van der Waals surface area contributed by atoms with Gasteiger partial charge in [-0.2, -0.15) is 0 Å². The van der Waals surface area contributed by atoms with Crippen LogP contribution in [-0.4, -0.2) is 16.1 Å². The van der Waals surface area contributed by atoms with Gasteiger partial charge in [0, 0.05) is 12.7 Å². The molecule has 1 N–H and O–H groups in total. The summed E-state index contributed by atoms with van der Waals surface area (Å²) in [6.07, 6.45) is 7.15. The lowest BCUT2D eigenvalue weighted by atomic mass is 9.90. The normalized spacial score (nSPS) is 14.2. The summed E-state index contributed by atoms with van der Waals surface area (Å²) in [7, 11) is 0.